The van der Waals surface area contributed by atoms with E-state index in [0.717, 1.165) is 25.7 Å². The molecule has 1 aromatic carbocycles. The Balaban J connectivity index is 2.31. The van der Waals surface area contributed by atoms with E-state index in [0.29, 0.717) is 18.8 Å². The molecule has 100 valence electrons. The van der Waals surface area contributed by atoms with E-state index in [1.807, 2.05) is 0 Å². The van der Waals surface area contributed by atoms with Gasteiger partial charge in [0.15, 0.2) is 0 Å². The molecule has 4 nitrogen and oxygen atoms in total. The van der Waals surface area contributed by atoms with Crippen molar-refractivity contribution in [3.63, 3.8) is 0 Å². The van der Waals surface area contributed by atoms with Gasteiger partial charge >= 0.3 is 0 Å². The first-order valence-electron chi connectivity index (χ1n) is 6.07. The first-order valence-corrected chi connectivity index (χ1v) is 7.89. The van der Waals surface area contributed by atoms with Crippen molar-refractivity contribution in [2.24, 2.45) is 0 Å². The van der Waals surface area contributed by atoms with Crippen molar-refractivity contribution in [3.8, 4) is 0 Å². The number of rotatable bonds is 2. The summed E-state index contributed by atoms with van der Waals surface area (Å²) in [7, 11) is -3.43. The molecule has 1 aliphatic heterocycles. The van der Waals surface area contributed by atoms with E-state index in [4.69, 9.17) is 17.3 Å². The van der Waals surface area contributed by atoms with Crippen LogP contribution in [0.4, 0.5) is 5.69 Å². The molecule has 0 unspecified atom stereocenters. The Bertz CT molecular complexity index is 523. The molecule has 2 N–H and O–H groups in total. The molecular weight excluding hydrogens is 272 g/mol. The van der Waals surface area contributed by atoms with Crippen LogP contribution in [-0.4, -0.2) is 25.8 Å². The van der Waals surface area contributed by atoms with Crippen LogP contribution in [0.2, 0.25) is 5.02 Å². The zero-order valence-corrected chi connectivity index (χ0v) is 11.7. The minimum absolute atomic E-state index is 0.226. The van der Waals surface area contributed by atoms with Crippen LogP contribution in [0.5, 0.6) is 0 Å². The van der Waals surface area contributed by atoms with Crippen LogP contribution in [0.3, 0.4) is 0 Å². The van der Waals surface area contributed by atoms with Crippen LogP contribution in [0.25, 0.3) is 0 Å². The van der Waals surface area contributed by atoms with Crippen molar-refractivity contribution in [2.45, 2.75) is 30.6 Å². The van der Waals surface area contributed by atoms with E-state index >= 15 is 0 Å². The standard InChI is InChI=1S/C12H17ClN2O2S/c13-11-9-10(5-6-12(11)14)18(16,17)15-7-3-1-2-4-8-15/h5-6,9H,1-4,7-8,14H2. The topological polar surface area (TPSA) is 63.4 Å². The maximum Gasteiger partial charge on any atom is 0.243 e. The number of nitrogens with zero attached hydrogens (tertiary/aromatic N) is 1. The summed E-state index contributed by atoms with van der Waals surface area (Å²) in [6, 6.07) is 4.48. The second-order valence-electron chi connectivity index (χ2n) is 4.50. The summed E-state index contributed by atoms with van der Waals surface area (Å²) in [5.41, 5.74) is 5.99. The minimum atomic E-state index is -3.43. The van der Waals surface area contributed by atoms with Crippen LogP contribution in [0.1, 0.15) is 25.7 Å². The van der Waals surface area contributed by atoms with Crippen molar-refractivity contribution in [1.29, 1.82) is 0 Å². The van der Waals surface area contributed by atoms with Crippen LogP contribution in [0.15, 0.2) is 23.1 Å². The summed E-state index contributed by atoms with van der Waals surface area (Å²) in [6.07, 6.45) is 4.02. The third-order valence-corrected chi connectivity index (χ3v) is 5.40. The van der Waals surface area contributed by atoms with E-state index in [1.165, 1.54) is 18.2 Å². The average molecular weight is 289 g/mol. The fraction of sp³-hybridized carbons (Fsp3) is 0.500. The Morgan fingerprint density at radius 1 is 1.11 bits per heavy atom. The second-order valence-corrected chi connectivity index (χ2v) is 6.85. The molecule has 0 aliphatic carbocycles. The molecule has 1 saturated heterocycles. The Hall–Kier alpha value is -0.780. The van der Waals surface area contributed by atoms with Gasteiger partial charge in [0.05, 0.1) is 15.6 Å². The van der Waals surface area contributed by atoms with Gasteiger partial charge in [-0.1, -0.05) is 24.4 Å². The highest BCUT2D eigenvalue weighted by atomic mass is 35.5. The third kappa shape index (κ3) is 2.79. The Labute approximate surface area is 113 Å². The minimum Gasteiger partial charge on any atom is -0.398 e. The fourth-order valence-electron chi connectivity index (χ4n) is 2.10. The molecule has 0 spiro atoms. The normalized spacial score (nSPS) is 18.5. The molecule has 0 aromatic heterocycles. The van der Waals surface area contributed by atoms with E-state index < -0.39 is 10.0 Å². The van der Waals surface area contributed by atoms with Gasteiger partial charge < -0.3 is 5.73 Å². The third-order valence-electron chi connectivity index (χ3n) is 3.17. The largest absolute Gasteiger partial charge is 0.398 e. The van der Waals surface area contributed by atoms with E-state index in [2.05, 4.69) is 0 Å². The summed E-state index contributed by atoms with van der Waals surface area (Å²) in [4.78, 5) is 0.226. The van der Waals surface area contributed by atoms with Crippen LogP contribution in [0, 0.1) is 0 Å². The molecule has 0 bridgehead atoms. The smallest absolute Gasteiger partial charge is 0.243 e. The van der Waals surface area contributed by atoms with Gasteiger partial charge in [0.2, 0.25) is 10.0 Å². The first-order chi connectivity index (χ1) is 8.51. The number of sulfonamides is 1. The Kier molecular flexibility index (Phi) is 4.14. The highest BCUT2D eigenvalue weighted by Crippen LogP contribution is 2.26. The molecule has 0 atom stereocenters. The maximum absolute atomic E-state index is 12.4. The highest BCUT2D eigenvalue weighted by molar-refractivity contribution is 7.89. The van der Waals surface area contributed by atoms with E-state index in [-0.39, 0.29) is 9.92 Å². The summed E-state index contributed by atoms with van der Waals surface area (Å²) in [6.45, 7) is 1.18. The van der Waals surface area contributed by atoms with Gasteiger partial charge in [-0.3, -0.25) is 0 Å². The molecule has 18 heavy (non-hydrogen) atoms. The molecule has 1 aliphatic rings. The van der Waals surface area contributed by atoms with Gasteiger partial charge in [-0.25, -0.2) is 8.42 Å². The van der Waals surface area contributed by atoms with Crippen molar-refractivity contribution in [1.82, 2.24) is 4.31 Å². The zero-order valence-electron chi connectivity index (χ0n) is 10.1. The quantitative estimate of drug-likeness (QED) is 0.851. The summed E-state index contributed by atoms with van der Waals surface area (Å²) < 4.78 is 26.4. The first kappa shape index (κ1) is 13.6. The van der Waals surface area contributed by atoms with Gasteiger partial charge in [0.1, 0.15) is 0 Å². The number of hydrogen-bond acceptors (Lipinski definition) is 3. The van der Waals surface area contributed by atoms with Crippen molar-refractivity contribution < 1.29 is 8.42 Å². The molecule has 1 aromatic rings. The predicted molar refractivity (Wildman–Crippen MR) is 73.1 cm³/mol. The van der Waals surface area contributed by atoms with E-state index in [9.17, 15) is 8.42 Å². The average Bonchev–Trinajstić information content (AvgIpc) is 2.61. The summed E-state index contributed by atoms with van der Waals surface area (Å²) in [5, 5.41) is 0.283. The van der Waals surface area contributed by atoms with Gasteiger partial charge in [0.25, 0.3) is 0 Å². The number of halogens is 1. The predicted octanol–water partition coefficient (Wildman–Crippen LogP) is 2.49. The van der Waals surface area contributed by atoms with Crippen LogP contribution >= 0.6 is 11.6 Å². The lowest BCUT2D eigenvalue weighted by molar-refractivity contribution is 0.424. The van der Waals surface area contributed by atoms with E-state index in [1.54, 1.807) is 4.31 Å². The van der Waals surface area contributed by atoms with Crippen LogP contribution in [-0.2, 0) is 10.0 Å². The lowest BCUT2D eigenvalue weighted by Crippen LogP contribution is -2.31. The Morgan fingerprint density at radius 2 is 1.72 bits per heavy atom. The molecule has 2 rings (SSSR count). The van der Waals surface area contributed by atoms with Crippen molar-refractivity contribution in [2.75, 3.05) is 18.8 Å². The van der Waals surface area contributed by atoms with Gasteiger partial charge in [-0.15, -0.1) is 0 Å². The molecule has 0 amide bonds. The zero-order chi connectivity index (χ0) is 13.2. The fourth-order valence-corrected chi connectivity index (χ4v) is 3.89. The van der Waals surface area contributed by atoms with Crippen molar-refractivity contribution >= 4 is 27.3 Å². The van der Waals surface area contributed by atoms with Crippen LogP contribution < -0.4 is 5.73 Å². The van der Waals surface area contributed by atoms with Gasteiger partial charge in [-0.2, -0.15) is 4.31 Å². The van der Waals surface area contributed by atoms with Gasteiger partial charge in [0, 0.05) is 13.1 Å². The Morgan fingerprint density at radius 3 is 2.28 bits per heavy atom. The molecule has 0 radical (unpaired) electrons. The summed E-state index contributed by atoms with van der Waals surface area (Å²) >= 11 is 5.88. The SMILES string of the molecule is Nc1ccc(S(=O)(=O)N2CCCCCC2)cc1Cl. The second kappa shape index (κ2) is 5.47. The van der Waals surface area contributed by atoms with Crippen molar-refractivity contribution in [3.05, 3.63) is 23.2 Å². The maximum atomic E-state index is 12.4. The number of nitrogen functional groups attached to an aromatic ring is 1. The number of benzene rings is 1. The molecule has 0 saturated carbocycles. The molecule has 1 fully saturated rings. The lowest BCUT2D eigenvalue weighted by Gasteiger charge is -2.20. The highest BCUT2D eigenvalue weighted by Gasteiger charge is 2.25. The van der Waals surface area contributed by atoms with Gasteiger partial charge in [-0.05, 0) is 31.0 Å². The molecular formula is C12H17ClN2O2S. The number of nitrogens with two attached hydrogens (primary N) is 1. The summed E-state index contributed by atoms with van der Waals surface area (Å²) in [5.74, 6) is 0. The molecule has 1 heterocycles. The lowest BCUT2D eigenvalue weighted by atomic mass is 10.2. The monoisotopic (exact) mass is 288 g/mol. The number of hydrogen-bond donors (Lipinski definition) is 1. The number of anilines is 1. The molecule has 6 heteroatoms.